The highest BCUT2D eigenvalue weighted by Crippen LogP contribution is 2.34. The minimum absolute atomic E-state index is 0.0756. The molecule has 0 spiro atoms. The minimum Gasteiger partial charge on any atom is -0.493 e. The van der Waals surface area contributed by atoms with Crippen molar-refractivity contribution in [2.45, 2.75) is 13.5 Å². The van der Waals surface area contributed by atoms with Crippen LogP contribution in [-0.2, 0) is 11.3 Å². The highest BCUT2D eigenvalue weighted by molar-refractivity contribution is 6.31. The molecule has 2 amide bonds. The Morgan fingerprint density at radius 1 is 1.08 bits per heavy atom. The number of amides is 2. The van der Waals surface area contributed by atoms with Crippen molar-refractivity contribution in [1.29, 1.82) is 5.41 Å². The maximum absolute atomic E-state index is 13.1. The summed E-state index contributed by atoms with van der Waals surface area (Å²) < 4.78 is 11.0. The molecule has 0 saturated heterocycles. The quantitative estimate of drug-likeness (QED) is 0.136. The summed E-state index contributed by atoms with van der Waals surface area (Å²) in [7, 11) is 1.40. The predicted octanol–water partition coefficient (Wildman–Crippen LogP) is 3.59. The maximum atomic E-state index is 13.1. The molecule has 0 bridgehead atoms. The average molecular weight is 551 g/mol. The Labute approximate surface area is 229 Å². The number of benzene rings is 3. The summed E-state index contributed by atoms with van der Waals surface area (Å²) in [6.07, 6.45) is 0.586. The van der Waals surface area contributed by atoms with Gasteiger partial charge >= 0.3 is 0 Å². The van der Waals surface area contributed by atoms with E-state index in [0.29, 0.717) is 33.8 Å². The lowest BCUT2D eigenvalue weighted by Crippen LogP contribution is -2.16. The lowest BCUT2D eigenvalue weighted by atomic mass is 10.1. The smallest absolute Gasteiger partial charge is 0.278 e. The number of nitrogens with zero attached hydrogens (tertiary/aromatic N) is 1. The third-order valence-corrected chi connectivity index (χ3v) is 5.56. The number of carbonyl (C=O) groups excluding carboxylic acids is 3. The van der Waals surface area contributed by atoms with Gasteiger partial charge in [0.1, 0.15) is 18.3 Å². The number of halogens is 1. The number of amidine groups is 2. The number of anilines is 2. The van der Waals surface area contributed by atoms with Crippen LogP contribution in [0.4, 0.5) is 11.4 Å². The monoisotopic (exact) mass is 550 g/mol. The molecule has 0 atom stereocenters. The Bertz CT molecular complexity index is 1440. The number of nitrogen functional groups attached to an aromatic ring is 1. The fourth-order valence-electron chi connectivity index (χ4n) is 3.55. The molecular weight excluding hydrogens is 524 g/mol. The summed E-state index contributed by atoms with van der Waals surface area (Å²) in [6, 6.07) is 14.2. The third-order valence-electron chi connectivity index (χ3n) is 5.32. The van der Waals surface area contributed by atoms with Crippen molar-refractivity contribution < 1.29 is 23.9 Å². The molecule has 3 aromatic carbocycles. The van der Waals surface area contributed by atoms with Crippen molar-refractivity contribution in [3.05, 3.63) is 81.9 Å². The van der Waals surface area contributed by atoms with E-state index in [1.807, 2.05) is 0 Å². The normalized spacial score (nSPS) is 10.9. The standard InChI is InChI=1S/C27H27ClN6O5/c1-15(29)33-26(36)17-11-18(24(39-10-9-35)23(12-17)38-2)14-32-22-8-5-19(28)13-21(22)27(37)34-20-6-3-16(4-7-20)25(30)31/h3-9,11-13,32H,10,14H2,1-2H3,(H3,30,31)(H,34,37)(H2,29,33,36). The van der Waals surface area contributed by atoms with Gasteiger partial charge in [-0.15, -0.1) is 0 Å². The van der Waals surface area contributed by atoms with Gasteiger partial charge in [0.15, 0.2) is 17.8 Å². The lowest BCUT2D eigenvalue weighted by molar-refractivity contribution is -0.109. The van der Waals surface area contributed by atoms with E-state index in [0.717, 1.165) is 0 Å². The number of nitrogens with one attached hydrogen (secondary N) is 3. The van der Waals surface area contributed by atoms with Crippen LogP contribution < -0.4 is 31.6 Å². The molecule has 0 heterocycles. The topological polar surface area (TPSA) is 182 Å². The zero-order valence-electron chi connectivity index (χ0n) is 21.2. The van der Waals surface area contributed by atoms with Gasteiger partial charge in [0.2, 0.25) is 0 Å². The molecule has 0 saturated carbocycles. The summed E-state index contributed by atoms with van der Waals surface area (Å²) in [5.74, 6) is -0.563. The summed E-state index contributed by atoms with van der Waals surface area (Å²) >= 11 is 6.18. The molecule has 12 heteroatoms. The zero-order valence-corrected chi connectivity index (χ0v) is 22.0. The van der Waals surface area contributed by atoms with Gasteiger partial charge in [0.25, 0.3) is 11.8 Å². The Balaban J connectivity index is 1.93. The first-order valence-electron chi connectivity index (χ1n) is 11.5. The summed E-state index contributed by atoms with van der Waals surface area (Å²) in [6.45, 7) is 1.32. The van der Waals surface area contributed by atoms with Gasteiger partial charge in [-0.25, -0.2) is 0 Å². The predicted molar refractivity (Wildman–Crippen MR) is 150 cm³/mol. The Morgan fingerprint density at radius 2 is 1.79 bits per heavy atom. The number of rotatable bonds is 11. The second-order valence-corrected chi connectivity index (χ2v) is 8.63. The van der Waals surface area contributed by atoms with E-state index in [4.69, 9.17) is 38.0 Å². The summed E-state index contributed by atoms with van der Waals surface area (Å²) in [5.41, 5.74) is 13.4. The molecule has 0 aromatic heterocycles. The van der Waals surface area contributed by atoms with Crippen LogP contribution in [0.15, 0.2) is 59.6 Å². The molecule has 7 N–H and O–H groups in total. The van der Waals surface area contributed by atoms with Crippen LogP contribution in [0.2, 0.25) is 5.02 Å². The number of hydrogen-bond donors (Lipinski definition) is 5. The van der Waals surface area contributed by atoms with E-state index in [1.54, 1.807) is 36.4 Å². The molecule has 0 aliphatic carbocycles. The molecule has 0 aliphatic rings. The Morgan fingerprint density at radius 3 is 2.41 bits per heavy atom. The molecule has 0 radical (unpaired) electrons. The minimum atomic E-state index is -0.584. The van der Waals surface area contributed by atoms with E-state index in [-0.39, 0.29) is 47.4 Å². The maximum Gasteiger partial charge on any atom is 0.278 e. The molecule has 3 rings (SSSR count). The number of hydrogen-bond acceptors (Lipinski definition) is 7. The second-order valence-electron chi connectivity index (χ2n) is 8.19. The second kappa shape index (κ2) is 13.1. The van der Waals surface area contributed by atoms with Crippen LogP contribution in [0, 0.1) is 5.41 Å². The largest absolute Gasteiger partial charge is 0.493 e. The van der Waals surface area contributed by atoms with Gasteiger partial charge in [-0.05, 0) is 61.5 Å². The number of aliphatic imine (C=N–C) groups is 1. The molecule has 202 valence electrons. The highest BCUT2D eigenvalue weighted by atomic mass is 35.5. The van der Waals surface area contributed by atoms with Gasteiger partial charge in [-0.1, -0.05) is 11.6 Å². The van der Waals surface area contributed by atoms with E-state index in [2.05, 4.69) is 15.6 Å². The fraction of sp³-hybridized carbons (Fsp3) is 0.148. The zero-order chi connectivity index (χ0) is 28.5. The fourth-order valence-corrected chi connectivity index (χ4v) is 3.72. The highest BCUT2D eigenvalue weighted by Gasteiger charge is 2.19. The van der Waals surface area contributed by atoms with Gasteiger partial charge in [0, 0.05) is 39.6 Å². The number of carbonyl (C=O) groups is 3. The molecule has 3 aromatic rings. The molecule has 0 unspecified atom stereocenters. The van der Waals surface area contributed by atoms with Crippen molar-refractivity contribution in [3.63, 3.8) is 0 Å². The summed E-state index contributed by atoms with van der Waals surface area (Å²) in [5, 5.41) is 13.8. The van der Waals surface area contributed by atoms with Gasteiger partial charge < -0.3 is 31.6 Å². The van der Waals surface area contributed by atoms with Crippen molar-refractivity contribution in [2.24, 2.45) is 16.5 Å². The van der Waals surface area contributed by atoms with Crippen LogP contribution in [0.25, 0.3) is 0 Å². The van der Waals surface area contributed by atoms with Crippen molar-refractivity contribution in [1.82, 2.24) is 0 Å². The molecule has 39 heavy (non-hydrogen) atoms. The molecule has 0 aliphatic heterocycles. The number of methoxy groups -OCH3 is 1. The summed E-state index contributed by atoms with van der Waals surface area (Å²) in [4.78, 5) is 40.5. The molecular formula is C27H27ClN6O5. The van der Waals surface area contributed by atoms with Crippen molar-refractivity contribution >= 4 is 52.7 Å². The van der Waals surface area contributed by atoms with Crippen molar-refractivity contribution in [3.8, 4) is 11.5 Å². The SMILES string of the molecule is COc1cc(C(=O)N=C(C)N)cc(CNc2ccc(Cl)cc2C(=O)Nc2ccc(C(=N)N)cc2)c1OCC=O. The third kappa shape index (κ3) is 7.55. The Kier molecular flexibility index (Phi) is 9.60. The van der Waals surface area contributed by atoms with E-state index in [9.17, 15) is 14.4 Å². The number of aldehydes is 1. The first-order valence-corrected chi connectivity index (χ1v) is 11.9. The van der Waals surface area contributed by atoms with Crippen LogP contribution in [0.1, 0.15) is 38.8 Å². The number of nitrogens with two attached hydrogens (primary N) is 2. The van der Waals surface area contributed by atoms with E-state index < -0.39 is 11.8 Å². The van der Waals surface area contributed by atoms with Crippen LogP contribution in [0.3, 0.4) is 0 Å². The van der Waals surface area contributed by atoms with Crippen LogP contribution in [0.5, 0.6) is 11.5 Å². The van der Waals surface area contributed by atoms with Crippen LogP contribution >= 0.6 is 11.6 Å². The van der Waals surface area contributed by atoms with Crippen molar-refractivity contribution in [2.75, 3.05) is 24.4 Å². The first kappa shape index (κ1) is 28.7. The van der Waals surface area contributed by atoms with Crippen LogP contribution in [-0.4, -0.2) is 43.5 Å². The van der Waals surface area contributed by atoms with Gasteiger partial charge in [-0.3, -0.25) is 19.8 Å². The lowest BCUT2D eigenvalue weighted by Gasteiger charge is -2.18. The number of ether oxygens (including phenoxy) is 2. The first-order chi connectivity index (χ1) is 18.6. The molecule has 11 nitrogen and oxygen atoms in total. The van der Waals surface area contributed by atoms with E-state index in [1.165, 1.54) is 32.2 Å². The Hall–Kier alpha value is -4.90. The average Bonchev–Trinajstić information content (AvgIpc) is 2.90. The molecule has 0 fully saturated rings. The van der Waals surface area contributed by atoms with Gasteiger partial charge in [0.05, 0.1) is 12.7 Å². The van der Waals surface area contributed by atoms with E-state index >= 15 is 0 Å². The van der Waals surface area contributed by atoms with Gasteiger partial charge in [-0.2, -0.15) is 4.99 Å².